The minimum Gasteiger partial charge on any atom is -0.480 e. The molecule has 74 valence electrons. The van der Waals surface area contributed by atoms with Crippen LogP contribution < -0.4 is 11.2 Å². The quantitative estimate of drug-likeness (QED) is 0.388. The number of hydrazine groups is 1. The number of nitrogens with zero attached hydrogens (tertiary/aromatic N) is 2. The highest BCUT2D eigenvalue weighted by molar-refractivity contribution is 5.80. The van der Waals surface area contributed by atoms with Crippen LogP contribution >= 0.6 is 0 Å². The smallest absolute Gasteiger partial charge is 0.325 e. The lowest BCUT2D eigenvalue weighted by Crippen LogP contribution is -2.44. The van der Waals surface area contributed by atoms with Crippen molar-refractivity contribution in [1.82, 2.24) is 10.4 Å². The number of guanidine groups is 1. The number of nitrogens with one attached hydrogen (secondary N) is 1. The second kappa shape index (κ2) is 4.66. The maximum absolute atomic E-state index is 10.1. The zero-order chi connectivity index (χ0) is 9.68. The fourth-order valence-corrected chi connectivity index (χ4v) is 1.18. The predicted octanol–water partition coefficient (Wildman–Crippen LogP) is -1.01. The van der Waals surface area contributed by atoms with E-state index in [9.17, 15) is 4.79 Å². The lowest BCUT2D eigenvalue weighted by molar-refractivity contribution is -0.135. The molecule has 0 unspecified atom stereocenters. The zero-order valence-electron chi connectivity index (χ0n) is 7.36. The molecular formula is C7H14N4O2. The Labute approximate surface area is 76.4 Å². The van der Waals surface area contributed by atoms with Gasteiger partial charge in [-0.15, -0.1) is 0 Å². The van der Waals surface area contributed by atoms with Crippen LogP contribution in [-0.4, -0.2) is 41.7 Å². The molecular weight excluding hydrogens is 172 g/mol. The number of aliphatic carboxylic acids is 1. The number of nitrogens with two attached hydrogens (primary N) is 1. The molecule has 0 aliphatic carbocycles. The van der Waals surface area contributed by atoms with Gasteiger partial charge in [-0.05, 0) is 12.8 Å². The van der Waals surface area contributed by atoms with Crippen molar-refractivity contribution in [1.29, 1.82) is 0 Å². The number of aliphatic imine (C=N–C) groups is 1. The summed E-state index contributed by atoms with van der Waals surface area (Å²) in [5.74, 6) is -0.810. The van der Waals surface area contributed by atoms with Crippen molar-refractivity contribution in [2.24, 2.45) is 10.7 Å². The maximum Gasteiger partial charge on any atom is 0.325 e. The molecule has 0 atom stereocenters. The number of hydrogen-bond acceptors (Lipinski definition) is 3. The molecule has 1 saturated heterocycles. The van der Waals surface area contributed by atoms with Gasteiger partial charge in [-0.2, -0.15) is 0 Å². The summed E-state index contributed by atoms with van der Waals surface area (Å²) in [6, 6.07) is 0. The van der Waals surface area contributed by atoms with Crippen molar-refractivity contribution in [3.05, 3.63) is 0 Å². The Morgan fingerprint density at radius 2 is 2.15 bits per heavy atom. The Bertz CT molecular complexity index is 211. The normalized spacial score (nSPS) is 18.9. The lowest BCUT2D eigenvalue weighted by atomic mass is 10.4. The van der Waals surface area contributed by atoms with E-state index in [1.54, 1.807) is 0 Å². The Balaban J connectivity index is 2.26. The van der Waals surface area contributed by atoms with Gasteiger partial charge in [0.15, 0.2) is 0 Å². The Morgan fingerprint density at radius 1 is 1.54 bits per heavy atom. The molecule has 0 spiro atoms. The molecule has 1 fully saturated rings. The molecule has 6 nitrogen and oxygen atoms in total. The van der Waals surface area contributed by atoms with Crippen molar-refractivity contribution in [2.45, 2.75) is 12.8 Å². The number of carbonyl (C=O) groups is 1. The largest absolute Gasteiger partial charge is 0.480 e. The average Bonchev–Trinajstić information content (AvgIpc) is 2.53. The standard InChI is InChI=1S/C7H14N4O2/c8-7(9-5-6(12)13)10-11-3-1-2-4-11/h1-5H2,(H,12,13)(H3,8,9,10). The van der Waals surface area contributed by atoms with Gasteiger partial charge >= 0.3 is 5.97 Å². The van der Waals surface area contributed by atoms with Crippen LogP contribution in [0.15, 0.2) is 4.99 Å². The van der Waals surface area contributed by atoms with E-state index < -0.39 is 5.97 Å². The van der Waals surface area contributed by atoms with Crippen LogP contribution in [0.25, 0.3) is 0 Å². The molecule has 0 bridgehead atoms. The molecule has 6 heteroatoms. The molecule has 1 heterocycles. The molecule has 0 aromatic heterocycles. The third kappa shape index (κ3) is 3.75. The summed E-state index contributed by atoms with van der Waals surface area (Å²) in [5, 5.41) is 10.3. The number of hydrogen-bond donors (Lipinski definition) is 3. The van der Waals surface area contributed by atoms with E-state index in [-0.39, 0.29) is 12.5 Å². The molecule has 0 aromatic rings. The van der Waals surface area contributed by atoms with Gasteiger partial charge in [0.2, 0.25) is 5.96 Å². The van der Waals surface area contributed by atoms with Crippen LogP contribution in [0.1, 0.15) is 12.8 Å². The zero-order valence-corrected chi connectivity index (χ0v) is 7.36. The van der Waals surface area contributed by atoms with Gasteiger partial charge in [0.1, 0.15) is 6.54 Å². The summed E-state index contributed by atoms with van der Waals surface area (Å²) < 4.78 is 0. The highest BCUT2D eigenvalue weighted by atomic mass is 16.4. The average molecular weight is 186 g/mol. The summed E-state index contributed by atoms with van der Waals surface area (Å²) in [4.78, 5) is 13.8. The van der Waals surface area contributed by atoms with Gasteiger partial charge < -0.3 is 10.8 Å². The minimum absolute atomic E-state index is 0.171. The molecule has 1 rings (SSSR count). The third-order valence-corrected chi connectivity index (χ3v) is 1.76. The van der Waals surface area contributed by atoms with Gasteiger partial charge in [0.25, 0.3) is 0 Å². The summed E-state index contributed by atoms with van der Waals surface area (Å²) in [6.45, 7) is 1.58. The van der Waals surface area contributed by atoms with Crippen molar-refractivity contribution in [3.8, 4) is 0 Å². The lowest BCUT2D eigenvalue weighted by Gasteiger charge is -2.16. The van der Waals surface area contributed by atoms with Crippen LogP contribution in [0, 0.1) is 0 Å². The molecule has 0 saturated carbocycles. The van der Waals surface area contributed by atoms with Crippen LogP contribution in [0.3, 0.4) is 0 Å². The fourth-order valence-electron chi connectivity index (χ4n) is 1.18. The van der Waals surface area contributed by atoms with Crippen molar-refractivity contribution < 1.29 is 9.90 Å². The summed E-state index contributed by atoms with van der Waals surface area (Å²) in [7, 11) is 0. The number of carboxylic acid groups (broad SMARTS) is 1. The highest BCUT2D eigenvalue weighted by Gasteiger charge is 2.11. The first-order chi connectivity index (χ1) is 6.18. The summed E-state index contributed by atoms with van der Waals surface area (Å²) in [6.07, 6.45) is 2.28. The molecule has 4 N–H and O–H groups in total. The van der Waals surface area contributed by atoms with E-state index in [2.05, 4.69) is 10.4 Å². The van der Waals surface area contributed by atoms with Crippen LogP contribution in [0.4, 0.5) is 0 Å². The molecule has 0 radical (unpaired) electrons. The van der Waals surface area contributed by atoms with E-state index in [0.717, 1.165) is 25.9 Å². The fraction of sp³-hybridized carbons (Fsp3) is 0.714. The van der Waals surface area contributed by atoms with Crippen molar-refractivity contribution in [2.75, 3.05) is 19.6 Å². The van der Waals surface area contributed by atoms with E-state index in [1.807, 2.05) is 5.01 Å². The Morgan fingerprint density at radius 3 is 2.69 bits per heavy atom. The van der Waals surface area contributed by atoms with Crippen molar-refractivity contribution in [3.63, 3.8) is 0 Å². The van der Waals surface area contributed by atoms with Gasteiger partial charge in [0.05, 0.1) is 0 Å². The van der Waals surface area contributed by atoms with E-state index in [1.165, 1.54) is 0 Å². The van der Waals surface area contributed by atoms with Gasteiger partial charge in [0, 0.05) is 13.1 Å². The van der Waals surface area contributed by atoms with Crippen LogP contribution in [0.2, 0.25) is 0 Å². The van der Waals surface area contributed by atoms with E-state index in [0.29, 0.717) is 0 Å². The van der Waals surface area contributed by atoms with E-state index in [4.69, 9.17) is 10.8 Å². The van der Waals surface area contributed by atoms with E-state index >= 15 is 0 Å². The Hall–Kier alpha value is -1.30. The summed E-state index contributed by atoms with van der Waals surface area (Å²) >= 11 is 0. The predicted molar refractivity (Wildman–Crippen MR) is 48.1 cm³/mol. The first-order valence-corrected chi connectivity index (χ1v) is 4.22. The molecule has 0 amide bonds. The highest BCUT2D eigenvalue weighted by Crippen LogP contribution is 2.02. The SMILES string of the molecule is NC(=NCC(=O)O)NN1CCCC1. The van der Waals surface area contributed by atoms with Crippen LogP contribution in [-0.2, 0) is 4.79 Å². The van der Waals surface area contributed by atoms with Gasteiger partial charge in [-0.1, -0.05) is 0 Å². The number of carboxylic acids is 1. The first kappa shape index (κ1) is 9.79. The minimum atomic E-state index is -0.980. The monoisotopic (exact) mass is 186 g/mol. The van der Waals surface area contributed by atoms with Crippen LogP contribution in [0.5, 0.6) is 0 Å². The van der Waals surface area contributed by atoms with Gasteiger partial charge in [-0.3, -0.25) is 10.2 Å². The molecule has 13 heavy (non-hydrogen) atoms. The molecule has 1 aliphatic rings. The third-order valence-electron chi connectivity index (χ3n) is 1.76. The second-order valence-electron chi connectivity index (χ2n) is 2.90. The molecule has 0 aromatic carbocycles. The topological polar surface area (TPSA) is 90.9 Å². The Kier molecular flexibility index (Phi) is 3.51. The first-order valence-electron chi connectivity index (χ1n) is 4.22. The second-order valence-corrected chi connectivity index (χ2v) is 2.90. The van der Waals surface area contributed by atoms with Gasteiger partial charge in [-0.25, -0.2) is 10.0 Å². The summed E-state index contributed by atoms with van der Waals surface area (Å²) in [5.41, 5.74) is 8.27. The van der Waals surface area contributed by atoms with Crippen molar-refractivity contribution >= 4 is 11.9 Å². The molecule has 1 aliphatic heterocycles. The maximum atomic E-state index is 10.1. The number of rotatable bonds is 3.